The molecule has 2 unspecified atom stereocenters. The molecular formula is C11H20O3. The van der Waals surface area contributed by atoms with E-state index in [9.17, 15) is 9.59 Å². The lowest BCUT2D eigenvalue weighted by atomic mass is 9.93. The van der Waals surface area contributed by atoms with Crippen molar-refractivity contribution < 1.29 is 14.3 Å². The molecule has 0 aromatic rings. The summed E-state index contributed by atoms with van der Waals surface area (Å²) in [5.41, 5.74) is 0. The number of carbonyl (C=O) groups excluding carboxylic acids is 2. The first-order valence-corrected chi connectivity index (χ1v) is 5.13. The zero-order valence-corrected chi connectivity index (χ0v) is 9.50. The molecule has 0 aliphatic heterocycles. The van der Waals surface area contributed by atoms with E-state index in [1.54, 1.807) is 6.92 Å². The van der Waals surface area contributed by atoms with Crippen LogP contribution in [0.25, 0.3) is 0 Å². The zero-order valence-electron chi connectivity index (χ0n) is 9.50. The molecule has 14 heavy (non-hydrogen) atoms. The van der Waals surface area contributed by atoms with E-state index in [2.05, 4.69) is 4.74 Å². The Bertz CT molecular complexity index is 199. The van der Waals surface area contributed by atoms with Gasteiger partial charge in [-0.1, -0.05) is 27.2 Å². The van der Waals surface area contributed by atoms with Crippen LogP contribution in [-0.2, 0) is 14.3 Å². The summed E-state index contributed by atoms with van der Waals surface area (Å²) in [4.78, 5) is 22.6. The molecule has 0 aromatic carbocycles. The molecule has 0 fully saturated rings. The second-order valence-electron chi connectivity index (χ2n) is 3.78. The van der Waals surface area contributed by atoms with Crippen molar-refractivity contribution in [3.63, 3.8) is 0 Å². The van der Waals surface area contributed by atoms with Crippen LogP contribution in [0.15, 0.2) is 0 Å². The monoisotopic (exact) mass is 200 g/mol. The molecule has 0 amide bonds. The van der Waals surface area contributed by atoms with Gasteiger partial charge in [-0.2, -0.15) is 0 Å². The Balaban J connectivity index is 3.98. The van der Waals surface area contributed by atoms with Crippen molar-refractivity contribution in [2.24, 2.45) is 11.8 Å². The molecule has 0 heterocycles. The van der Waals surface area contributed by atoms with E-state index in [-0.39, 0.29) is 23.6 Å². The first-order valence-electron chi connectivity index (χ1n) is 5.13. The number of carbonyl (C=O) groups is 2. The number of hydrogen-bond donors (Lipinski definition) is 0. The van der Waals surface area contributed by atoms with E-state index in [4.69, 9.17) is 0 Å². The van der Waals surface area contributed by atoms with Gasteiger partial charge in [0, 0.05) is 12.3 Å². The maximum Gasteiger partial charge on any atom is 0.308 e. The van der Waals surface area contributed by atoms with Gasteiger partial charge >= 0.3 is 5.97 Å². The summed E-state index contributed by atoms with van der Waals surface area (Å²) in [6.07, 6.45) is 2.19. The Labute approximate surface area is 85.8 Å². The van der Waals surface area contributed by atoms with Crippen LogP contribution in [0.4, 0.5) is 0 Å². The summed E-state index contributed by atoms with van der Waals surface area (Å²) in [6.45, 7) is 5.69. The molecule has 0 saturated heterocycles. The van der Waals surface area contributed by atoms with Gasteiger partial charge < -0.3 is 4.74 Å². The maximum atomic E-state index is 11.6. The lowest BCUT2D eigenvalue weighted by Gasteiger charge is -2.12. The molecule has 0 radical (unpaired) electrons. The molecule has 0 aliphatic carbocycles. The summed E-state index contributed by atoms with van der Waals surface area (Å²) in [5, 5.41) is 0. The van der Waals surface area contributed by atoms with Crippen molar-refractivity contribution in [3.05, 3.63) is 0 Å². The number of ketones is 1. The summed E-state index contributed by atoms with van der Waals surface area (Å²) in [5.74, 6) is -0.397. The predicted molar refractivity (Wildman–Crippen MR) is 54.9 cm³/mol. The average molecular weight is 200 g/mol. The Hall–Kier alpha value is -0.860. The fraction of sp³-hybridized carbons (Fsp3) is 0.818. The quantitative estimate of drug-likeness (QED) is 0.617. The number of Topliss-reactive ketones (excluding diaryl/α,β-unsaturated/α-hetero) is 1. The van der Waals surface area contributed by atoms with E-state index >= 15 is 0 Å². The van der Waals surface area contributed by atoms with Crippen LogP contribution in [0.3, 0.4) is 0 Å². The van der Waals surface area contributed by atoms with Crippen molar-refractivity contribution >= 4 is 11.8 Å². The molecule has 82 valence electrons. The van der Waals surface area contributed by atoms with Crippen molar-refractivity contribution in [2.45, 2.75) is 40.0 Å². The summed E-state index contributed by atoms with van der Waals surface area (Å²) in [6, 6.07) is 0. The van der Waals surface area contributed by atoms with Gasteiger partial charge in [-0.3, -0.25) is 9.59 Å². The zero-order chi connectivity index (χ0) is 11.1. The van der Waals surface area contributed by atoms with Crippen molar-refractivity contribution in [1.82, 2.24) is 0 Å². The molecule has 0 rings (SSSR count). The minimum atomic E-state index is -0.313. The molecule has 0 aliphatic rings. The third-order valence-electron chi connectivity index (χ3n) is 2.38. The van der Waals surface area contributed by atoms with Crippen molar-refractivity contribution in [3.8, 4) is 0 Å². The Kier molecular flexibility index (Phi) is 6.17. The first-order chi connectivity index (χ1) is 6.52. The van der Waals surface area contributed by atoms with Crippen molar-refractivity contribution in [2.75, 3.05) is 7.11 Å². The lowest BCUT2D eigenvalue weighted by Crippen LogP contribution is -2.20. The van der Waals surface area contributed by atoms with Crippen LogP contribution >= 0.6 is 0 Å². The molecule has 0 aromatic heterocycles. The Morgan fingerprint density at radius 2 is 1.79 bits per heavy atom. The van der Waals surface area contributed by atoms with Crippen LogP contribution in [0.1, 0.15) is 40.0 Å². The van der Waals surface area contributed by atoms with Gasteiger partial charge in [0.15, 0.2) is 0 Å². The number of rotatable bonds is 6. The second kappa shape index (κ2) is 6.57. The highest BCUT2D eigenvalue weighted by Crippen LogP contribution is 2.13. The van der Waals surface area contributed by atoms with Gasteiger partial charge in [-0.25, -0.2) is 0 Å². The smallest absolute Gasteiger partial charge is 0.308 e. The van der Waals surface area contributed by atoms with Gasteiger partial charge in [-0.05, 0) is 6.42 Å². The molecule has 3 heteroatoms. The van der Waals surface area contributed by atoms with Crippen LogP contribution < -0.4 is 0 Å². The van der Waals surface area contributed by atoms with Crippen LogP contribution in [0, 0.1) is 11.8 Å². The summed E-state index contributed by atoms with van der Waals surface area (Å²) >= 11 is 0. The fourth-order valence-corrected chi connectivity index (χ4v) is 1.38. The van der Waals surface area contributed by atoms with E-state index in [0.29, 0.717) is 6.42 Å². The molecule has 0 saturated carbocycles. The van der Waals surface area contributed by atoms with Gasteiger partial charge in [0.1, 0.15) is 5.78 Å². The van der Waals surface area contributed by atoms with Gasteiger partial charge in [-0.15, -0.1) is 0 Å². The van der Waals surface area contributed by atoms with E-state index in [1.807, 2.05) is 13.8 Å². The van der Waals surface area contributed by atoms with Gasteiger partial charge in [0.2, 0.25) is 0 Å². The van der Waals surface area contributed by atoms with Crippen LogP contribution in [-0.4, -0.2) is 18.9 Å². The lowest BCUT2D eigenvalue weighted by molar-refractivity contribution is -0.146. The highest BCUT2D eigenvalue weighted by Gasteiger charge is 2.20. The number of methoxy groups -OCH3 is 1. The van der Waals surface area contributed by atoms with E-state index < -0.39 is 0 Å². The number of ether oxygens (including phenoxy) is 1. The fourth-order valence-electron chi connectivity index (χ4n) is 1.38. The Morgan fingerprint density at radius 1 is 1.21 bits per heavy atom. The number of esters is 1. The molecule has 3 nitrogen and oxygen atoms in total. The molecule has 2 atom stereocenters. The van der Waals surface area contributed by atoms with Gasteiger partial charge in [0.25, 0.3) is 0 Å². The standard InChI is InChI=1S/C11H20O3/c1-5-6-8(2)10(12)7-9(3)11(13)14-4/h8-9H,5-7H2,1-4H3. The highest BCUT2D eigenvalue weighted by atomic mass is 16.5. The summed E-state index contributed by atoms with van der Waals surface area (Å²) < 4.78 is 4.56. The average Bonchev–Trinajstić information content (AvgIpc) is 2.16. The molecular weight excluding hydrogens is 180 g/mol. The first kappa shape index (κ1) is 13.1. The minimum absolute atomic E-state index is 0.0621. The van der Waals surface area contributed by atoms with E-state index in [0.717, 1.165) is 12.8 Å². The third kappa shape index (κ3) is 4.40. The SMILES string of the molecule is CCCC(C)C(=O)CC(C)C(=O)OC. The minimum Gasteiger partial charge on any atom is -0.469 e. The Morgan fingerprint density at radius 3 is 2.21 bits per heavy atom. The van der Waals surface area contributed by atoms with Gasteiger partial charge in [0.05, 0.1) is 13.0 Å². The third-order valence-corrected chi connectivity index (χ3v) is 2.38. The number of hydrogen-bond acceptors (Lipinski definition) is 3. The predicted octanol–water partition coefficient (Wildman–Crippen LogP) is 2.19. The topological polar surface area (TPSA) is 43.4 Å². The molecule has 0 N–H and O–H groups in total. The van der Waals surface area contributed by atoms with Crippen molar-refractivity contribution in [1.29, 1.82) is 0 Å². The molecule has 0 bridgehead atoms. The van der Waals surface area contributed by atoms with Crippen LogP contribution in [0.2, 0.25) is 0 Å². The highest BCUT2D eigenvalue weighted by molar-refractivity contribution is 5.85. The maximum absolute atomic E-state index is 11.6. The van der Waals surface area contributed by atoms with Crippen LogP contribution in [0.5, 0.6) is 0 Å². The summed E-state index contributed by atoms with van der Waals surface area (Å²) in [7, 11) is 1.35. The molecule has 0 spiro atoms. The normalized spacial score (nSPS) is 14.6. The second-order valence-corrected chi connectivity index (χ2v) is 3.78. The largest absolute Gasteiger partial charge is 0.469 e. The van der Waals surface area contributed by atoms with E-state index in [1.165, 1.54) is 7.11 Å².